The number of esters is 1. The van der Waals surface area contributed by atoms with Crippen LogP contribution in [0.15, 0.2) is 24.3 Å². The number of allylic oxidation sites excluding steroid dienone is 4. The number of aliphatic hydroxyl groups is 7. The lowest BCUT2D eigenvalue weighted by Crippen LogP contribution is -2.61. The van der Waals surface area contributed by atoms with Gasteiger partial charge in [0.15, 0.2) is 12.6 Å². The lowest BCUT2D eigenvalue weighted by Gasteiger charge is -2.42. The van der Waals surface area contributed by atoms with E-state index in [4.69, 9.17) is 28.4 Å². The third-order valence-electron chi connectivity index (χ3n) is 15.0. The number of ether oxygens (including phenoxy) is 6. The Balaban J connectivity index is 1.69. The van der Waals surface area contributed by atoms with Crippen molar-refractivity contribution >= 4 is 5.97 Å². The molecule has 14 heteroatoms. The number of aliphatic hydroxyl groups excluding tert-OH is 7. The van der Waals surface area contributed by atoms with E-state index in [1.54, 1.807) is 0 Å². The van der Waals surface area contributed by atoms with E-state index in [0.717, 1.165) is 44.9 Å². The number of hydrogen-bond donors (Lipinski definition) is 7. The summed E-state index contributed by atoms with van der Waals surface area (Å²) in [7, 11) is 0. The molecular weight excluding hydrogens is 957 g/mol. The van der Waals surface area contributed by atoms with E-state index < -0.39 is 80.7 Å². The number of unbranched alkanes of at least 4 members (excludes halogenated alkanes) is 33. The van der Waals surface area contributed by atoms with Gasteiger partial charge < -0.3 is 64.2 Å². The summed E-state index contributed by atoms with van der Waals surface area (Å²) < 4.78 is 34.5. The Hall–Kier alpha value is -1.53. The van der Waals surface area contributed by atoms with E-state index in [-0.39, 0.29) is 25.6 Å². The molecule has 75 heavy (non-hydrogen) atoms. The molecule has 0 aromatic rings. The average Bonchev–Trinajstić information content (AvgIpc) is 3.41. The van der Waals surface area contributed by atoms with Crippen LogP contribution in [0.2, 0.25) is 0 Å². The molecule has 2 aliphatic rings. The van der Waals surface area contributed by atoms with Crippen LogP contribution in [0.4, 0.5) is 0 Å². The zero-order valence-corrected chi connectivity index (χ0v) is 47.6. The van der Waals surface area contributed by atoms with Gasteiger partial charge >= 0.3 is 5.97 Å². The summed E-state index contributed by atoms with van der Waals surface area (Å²) in [6, 6.07) is 0. The minimum atomic E-state index is -1.71. The van der Waals surface area contributed by atoms with E-state index in [9.17, 15) is 40.5 Å². The zero-order chi connectivity index (χ0) is 54.4. The Labute approximate surface area is 456 Å². The molecule has 0 aromatic heterocycles. The normalized spacial score (nSPS) is 24.7. The molecule has 0 amide bonds. The second-order valence-electron chi connectivity index (χ2n) is 21.9. The third-order valence-corrected chi connectivity index (χ3v) is 15.0. The molecule has 0 aliphatic carbocycles. The van der Waals surface area contributed by atoms with Crippen molar-refractivity contribution in [3.63, 3.8) is 0 Å². The lowest BCUT2D eigenvalue weighted by molar-refractivity contribution is -0.332. The van der Waals surface area contributed by atoms with E-state index >= 15 is 0 Å². The van der Waals surface area contributed by atoms with Crippen LogP contribution in [-0.4, -0.2) is 142 Å². The van der Waals surface area contributed by atoms with Crippen molar-refractivity contribution < 1.29 is 69.0 Å². The minimum absolute atomic E-state index is 0.0642. The first-order valence-corrected chi connectivity index (χ1v) is 30.9. The Morgan fingerprint density at radius 2 is 0.827 bits per heavy atom. The highest BCUT2D eigenvalue weighted by Crippen LogP contribution is 2.27. The van der Waals surface area contributed by atoms with Gasteiger partial charge in [0, 0.05) is 13.0 Å². The van der Waals surface area contributed by atoms with Crippen LogP contribution < -0.4 is 0 Å². The van der Waals surface area contributed by atoms with Crippen LogP contribution in [-0.2, 0) is 33.2 Å². The minimum Gasteiger partial charge on any atom is -0.457 e. The molecule has 11 atom stereocenters. The molecular formula is C61H114O14. The first-order valence-electron chi connectivity index (χ1n) is 30.9. The molecule has 0 spiro atoms. The summed E-state index contributed by atoms with van der Waals surface area (Å²) in [6.07, 6.45) is 39.5. The predicted octanol–water partition coefficient (Wildman–Crippen LogP) is 11.5. The van der Waals surface area contributed by atoms with E-state index in [0.29, 0.717) is 13.0 Å². The van der Waals surface area contributed by atoms with Crippen molar-refractivity contribution in [2.45, 2.75) is 325 Å². The molecule has 0 bridgehead atoms. The Morgan fingerprint density at radius 1 is 0.440 bits per heavy atom. The average molecular weight is 1070 g/mol. The fourth-order valence-electron chi connectivity index (χ4n) is 9.97. The third kappa shape index (κ3) is 35.0. The van der Waals surface area contributed by atoms with Gasteiger partial charge in [-0.25, -0.2) is 0 Å². The van der Waals surface area contributed by atoms with Gasteiger partial charge in [0.2, 0.25) is 0 Å². The fourth-order valence-corrected chi connectivity index (χ4v) is 9.97. The van der Waals surface area contributed by atoms with Gasteiger partial charge in [0.25, 0.3) is 0 Å². The van der Waals surface area contributed by atoms with E-state index in [1.807, 2.05) is 0 Å². The van der Waals surface area contributed by atoms with Gasteiger partial charge in [0.1, 0.15) is 54.9 Å². The maximum atomic E-state index is 13.1. The summed E-state index contributed by atoms with van der Waals surface area (Å²) in [6.45, 7) is 3.73. The number of carbonyl (C=O) groups excluding carboxylic acids is 1. The van der Waals surface area contributed by atoms with Gasteiger partial charge in [-0.1, -0.05) is 231 Å². The lowest BCUT2D eigenvalue weighted by atomic mass is 9.98. The highest BCUT2D eigenvalue weighted by molar-refractivity contribution is 5.69. The molecule has 2 aliphatic heterocycles. The Kier molecular flexibility index (Phi) is 44.9. The van der Waals surface area contributed by atoms with Gasteiger partial charge in [-0.2, -0.15) is 0 Å². The summed E-state index contributed by atoms with van der Waals surface area (Å²) in [4.78, 5) is 13.1. The molecule has 0 aromatic carbocycles. The smallest absolute Gasteiger partial charge is 0.306 e. The number of hydrogen-bond acceptors (Lipinski definition) is 14. The van der Waals surface area contributed by atoms with Crippen molar-refractivity contribution in [1.29, 1.82) is 0 Å². The van der Waals surface area contributed by atoms with Crippen molar-refractivity contribution in [3.8, 4) is 0 Å². The molecule has 2 fully saturated rings. The van der Waals surface area contributed by atoms with Crippen LogP contribution >= 0.6 is 0 Å². The second-order valence-corrected chi connectivity index (χ2v) is 21.9. The number of rotatable bonds is 51. The molecule has 7 N–H and O–H groups in total. The Morgan fingerprint density at radius 3 is 1.28 bits per heavy atom. The van der Waals surface area contributed by atoms with Crippen LogP contribution in [0.5, 0.6) is 0 Å². The summed E-state index contributed by atoms with van der Waals surface area (Å²) in [5, 5.41) is 72.4. The van der Waals surface area contributed by atoms with Gasteiger partial charge in [-0.3, -0.25) is 4.79 Å². The van der Waals surface area contributed by atoms with Crippen LogP contribution in [0.1, 0.15) is 258 Å². The summed E-state index contributed by atoms with van der Waals surface area (Å²) >= 11 is 0. The largest absolute Gasteiger partial charge is 0.457 e. The highest BCUT2D eigenvalue weighted by atomic mass is 16.7. The van der Waals surface area contributed by atoms with E-state index in [2.05, 4.69) is 38.2 Å². The van der Waals surface area contributed by atoms with Gasteiger partial charge in [0.05, 0.1) is 26.4 Å². The molecule has 14 nitrogen and oxygen atoms in total. The van der Waals surface area contributed by atoms with Crippen LogP contribution in [0, 0.1) is 0 Å². The maximum Gasteiger partial charge on any atom is 0.306 e. The zero-order valence-electron chi connectivity index (χ0n) is 47.6. The molecule has 2 heterocycles. The molecule has 11 unspecified atom stereocenters. The van der Waals surface area contributed by atoms with Crippen molar-refractivity contribution in [2.75, 3.05) is 33.0 Å². The number of carbonyl (C=O) groups is 1. The maximum absolute atomic E-state index is 13.1. The molecule has 0 saturated carbocycles. The summed E-state index contributed by atoms with van der Waals surface area (Å²) in [5.41, 5.74) is 0. The van der Waals surface area contributed by atoms with Crippen molar-refractivity contribution in [1.82, 2.24) is 0 Å². The van der Waals surface area contributed by atoms with Crippen LogP contribution in [0.25, 0.3) is 0 Å². The topological polar surface area (TPSA) is 214 Å². The monoisotopic (exact) mass is 1070 g/mol. The first kappa shape index (κ1) is 69.6. The molecule has 2 rings (SSSR count). The van der Waals surface area contributed by atoms with Gasteiger partial charge in [-0.15, -0.1) is 0 Å². The fraction of sp³-hybridized carbons (Fsp3) is 0.918. The molecule has 0 radical (unpaired) electrons. The van der Waals surface area contributed by atoms with Crippen molar-refractivity contribution in [2.24, 2.45) is 0 Å². The van der Waals surface area contributed by atoms with Crippen LogP contribution in [0.3, 0.4) is 0 Å². The first-order chi connectivity index (χ1) is 36.6. The quantitative estimate of drug-likeness (QED) is 0.0172. The second kappa shape index (κ2) is 48.4. The van der Waals surface area contributed by atoms with E-state index in [1.165, 1.54) is 186 Å². The highest BCUT2D eigenvalue weighted by Gasteiger charge is 2.47. The van der Waals surface area contributed by atoms with Crippen molar-refractivity contribution in [3.05, 3.63) is 24.3 Å². The Bertz CT molecular complexity index is 1330. The predicted molar refractivity (Wildman–Crippen MR) is 298 cm³/mol. The SMILES string of the molecule is CCCCCCC/C=C\C/C=C\CCCCCCCCCCCCOCC(COC1OC(COC2OC(CO)C(O)C(O)C2O)C(O)C(O)C1O)OC(=O)CCCCCCCCCCCCCCCCCCCCC. The standard InChI is InChI=1S/C61H114O14/c1-3-5-7-9-11-13-15-17-19-21-23-24-25-27-29-31-33-35-37-39-41-43-45-70-47-50(73-53(63)44-42-40-38-36-34-32-30-28-26-22-20-18-16-14-12-10-8-6-4-2)48-71-60-59(69)57(67)55(65)52(75-60)49-72-61-58(68)56(66)54(64)51(46-62)74-61/h15,17,21,23,50-52,54-62,64-69H,3-14,16,18-20,22,24-49H2,1-2H3/b17-15-,23-21-. The molecule has 442 valence electrons. The van der Waals surface area contributed by atoms with Gasteiger partial charge in [-0.05, 0) is 44.9 Å². The summed E-state index contributed by atoms with van der Waals surface area (Å²) in [5.74, 6) is -0.371. The molecule has 2 saturated heterocycles.